The first-order chi connectivity index (χ1) is 7.77. The topological polar surface area (TPSA) is 47.0 Å². The molecular weight excluding hydrogens is 202 g/mol. The molecule has 1 unspecified atom stereocenters. The molecule has 90 valence electrons. The summed E-state index contributed by atoms with van der Waals surface area (Å²) in [5.74, 6) is 0. The standard InChI is InChI=1S/C12H21N3O/c1-4-6-13-12(9-16-5-2)11-8-14-10(3)7-15-11/h7-8,12-13H,4-6,9H2,1-3H3. The molecule has 0 fully saturated rings. The highest BCUT2D eigenvalue weighted by Crippen LogP contribution is 2.09. The van der Waals surface area contributed by atoms with E-state index in [9.17, 15) is 0 Å². The fourth-order valence-corrected chi connectivity index (χ4v) is 1.39. The second-order valence-corrected chi connectivity index (χ2v) is 3.75. The molecule has 0 saturated carbocycles. The van der Waals surface area contributed by atoms with Crippen molar-refractivity contribution in [2.24, 2.45) is 0 Å². The average Bonchev–Trinajstić information content (AvgIpc) is 2.31. The van der Waals surface area contributed by atoms with Crippen LogP contribution in [-0.4, -0.2) is 29.7 Å². The third-order valence-electron chi connectivity index (χ3n) is 2.29. The predicted octanol–water partition coefficient (Wildman–Crippen LogP) is 1.86. The smallest absolute Gasteiger partial charge is 0.0779 e. The summed E-state index contributed by atoms with van der Waals surface area (Å²) in [5.41, 5.74) is 1.89. The van der Waals surface area contributed by atoms with Crippen molar-refractivity contribution >= 4 is 0 Å². The minimum absolute atomic E-state index is 0.146. The van der Waals surface area contributed by atoms with E-state index in [-0.39, 0.29) is 6.04 Å². The lowest BCUT2D eigenvalue weighted by Gasteiger charge is -2.17. The number of nitrogens with zero attached hydrogens (tertiary/aromatic N) is 2. The van der Waals surface area contributed by atoms with Gasteiger partial charge in [-0.2, -0.15) is 0 Å². The molecule has 1 N–H and O–H groups in total. The lowest BCUT2D eigenvalue weighted by Crippen LogP contribution is -2.27. The van der Waals surface area contributed by atoms with Gasteiger partial charge < -0.3 is 10.1 Å². The van der Waals surface area contributed by atoms with Crippen LogP contribution in [0.4, 0.5) is 0 Å². The molecule has 4 heteroatoms. The van der Waals surface area contributed by atoms with E-state index in [1.54, 1.807) is 6.20 Å². The van der Waals surface area contributed by atoms with Crippen LogP contribution in [0.25, 0.3) is 0 Å². The van der Waals surface area contributed by atoms with E-state index >= 15 is 0 Å². The maximum Gasteiger partial charge on any atom is 0.0779 e. The van der Waals surface area contributed by atoms with Crippen LogP contribution in [0.5, 0.6) is 0 Å². The Balaban J connectivity index is 2.62. The molecule has 1 rings (SSSR count). The first-order valence-corrected chi connectivity index (χ1v) is 5.87. The van der Waals surface area contributed by atoms with E-state index in [4.69, 9.17) is 4.74 Å². The monoisotopic (exact) mass is 223 g/mol. The second kappa shape index (κ2) is 7.30. The summed E-state index contributed by atoms with van der Waals surface area (Å²) in [4.78, 5) is 8.64. The summed E-state index contributed by atoms with van der Waals surface area (Å²) < 4.78 is 5.45. The highest BCUT2D eigenvalue weighted by molar-refractivity contribution is 5.05. The molecule has 1 aromatic rings. The largest absolute Gasteiger partial charge is 0.380 e. The van der Waals surface area contributed by atoms with E-state index in [2.05, 4.69) is 22.2 Å². The third-order valence-corrected chi connectivity index (χ3v) is 2.29. The van der Waals surface area contributed by atoms with Gasteiger partial charge >= 0.3 is 0 Å². The molecule has 0 radical (unpaired) electrons. The van der Waals surface area contributed by atoms with Gasteiger partial charge in [0.05, 0.1) is 30.2 Å². The Hall–Kier alpha value is -1.00. The van der Waals surface area contributed by atoms with Crippen molar-refractivity contribution in [3.63, 3.8) is 0 Å². The first-order valence-electron chi connectivity index (χ1n) is 5.87. The summed E-state index contributed by atoms with van der Waals surface area (Å²) in [6, 6.07) is 0.146. The SMILES string of the molecule is CCCNC(COCC)c1cnc(C)cn1. The van der Waals surface area contributed by atoms with Crippen molar-refractivity contribution in [1.29, 1.82) is 0 Å². The van der Waals surface area contributed by atoms with E-state index < -0.39 is 0 Å². The number of aromatic nitrogens is 2. The number of aryl methyl sites for hydroxylation is 1. The van der Waals surface area contributed by atoms with Crippen LogP contribution >= 0.6 is 0 Å². The van der Waals surface area contributed by atoms with Crippen LogP contribution in [0.2, 0.25) is 0 Å². The highest BCUT2D eigenvalue weighted by atomic mass is 16.5. The van der Waals surface area contributed by atoms with Gasteiger partial charge in [0.1, 0.15) is 0 Å². The number of rotatable bonds is 7. The lowest BCUT2D eigenvalue weighted by atomic mass is 10.2. The molecule has 4 nitrogen and oxygen atoms in total. The summed E-state index contributed by atoms with van der Waals surface area (Å²) in [6.45, 7) is 8.42. The first kappa shape index (κ1) is 13.1. The van der Waals surface area contributed by atoms with E-state index in [1.807, 2.05) is 20.0 Å². The van der Waals surface area contributed by atoms with Gasteiger partial charge in [-0.15, -0.1) is 0 Å². The normalized spacial score (nSPS) is 12.7. The minimum atomic E-state index is 0.146. The van der Waals surface area contributed by atoms with Crippen LogP contribution < -0.4 is 5.32 Å². The summed E-state index contributed by atoms with van der Waals surface area (Å²) in [5, 5.41) is 3.41. The Bertz CT molecular complexity index is 279. The fraction of sp³-hybridized carbons (Fsp3) is 0.667. The lowest BCUT2D eigenvalue weighted by molar-refractivity contribution is 0.121. The Kier molecular flexibility index (Phi) is 5.96. The number of nitrogens with one attached hydrogen (secondary N) is 1. The molecule has 0 bridgehead atoms. The molecule has 1 atom stereocenters. The summed E-state index contributed by atoms with van der Waals surface area (Å²) >= 11 is 0. The van der Waals surface area contributed by atoms with Crippen LogP contribution in [0, 0.1) is 6.92 Å². The second-order valence-electron chi connectivity index (χ2n) is 3.75. The Morgan fingerprint density at radius 1 is 1.31 bits per heavy atom. The fourth-order valence-electron chi connectivity index (χ4n) is 1.39. The van der Waals surface area contributed by atoms with Gasteiger partial charge in [-0.25, -0.2) is 0 Å². The van der Waals surface area contributed by atoms with Crippen LogP contribution in [-0.2, 0) is 4.74 Å². The maximum atomic E-state index is 5.45. The van der Waals surface area contributed by atoms with Crippen LogP contribution in [0.1, 0.15) is 37.7 Å². The predicted molar refractivity (Wildman–Crippen MR) is 64.3 cm³/mol. The van der Waals surface area contributed by atoms with Gasteiger partial charge in [0.15, 0.2) is 0 Å². The molecule has 16 heavy (non-hydrogen) atoms. The number of ether oxygens (including phenoxy) is 1. The number of hydrogen-bond acceptors (Lipinski definition) is 4. The zero-order valence-electron chi connectivity index (χ0n) is 10.4. The average molecular weight is 223 g/mol. The van der Waals surface area contributed by atoms with E-state index in [1.165, 1.54) is 0 Å². The van der Waals surface area contributed by atoms with Gasteiger partial charge in [-0.1, -0.05) is 6.92 Å². The molecule has 0 aliphatic carbocycles. The van der Waals surface area contributed by atoms with Crippen molar-refractivity contribution in [2.75, 3.05) is 19.8 Å². The van der Waals surface area contributed by atoms with Crippen molar-refractivity contribution in [1.82, 2.24) is 15.3 Å². The highest BCUT2D eigenvalue weighted by Gasteiger charge is 2.12. The van der Waals surface area contributed by atoms with Crippen molar-refractivity contribution < 1.29 is 4.74 Å². The zero-order chi connectivity index (χ0) is 11.8. The van der Waals surface area contributed by atoms with Crippen molar-refractivity contribution in [3.8, 4) is 0 Å². The molecule has 0 amide bonds. The van der Waals surface area contributed by atoms with E-state index in [0.717, 1.165) is 31.0 Å². The molecule has 1 heterocycles. The zero-order valence-corrected chi connectivity index (χ0v) is 10.4. The van der Waals surface area contributed by atoms with Crippen molar-refractivity contribution in [3.05, 3.63) is 23.8 Å². The molecule has 0 aliphatic rings. The molecule has 0 saturated heterocycles. The Morgan fingerprint density at radius 3 is 2.69 bits per heavy atom. The van der Waals surface area contributed by atoms with Crippen LogP contribution in [0.3, 0.4) is 0 Å². The van der Waals surface area contributed by atoms with Gasteiger partial charge in [0, 0.05) is 12.8 Å². The van der Waals surface area contributed by atoms with Gasteiger partial charge in [-0.3, -0.25) is 9.97 Å². The van der Waals surface area contributed by atoms with E-state index in [0.29, 0.717) is 6.61 Å². The summed E-state index contributed by atoms with van der Waals surface area (Å²) in [7, 11) is 0. The van der Waals surface area contributed by atoms with Gasteiger partial charge in [0.2, 0.25) is 0 Å². The quantitative estimate of drug-likeness (QED) is 0.766. The van der Waals surface area contributed by atoms with Crippen molar-refractivity contribution in [2.45, 2.75) is 33.2 Å². The van der Waals surface area contributed by atoms with Crippen LogP contribution in [0.15, 0.2) is 12.4 Å². The van der Waals surface area contributed by atoms with Gasteiger partial charge in [-0.05, 0) is 26.8 Å². The summed E-state index contributed by atoms with van der Waals surface area (Å²) in [6.07, 6.45) is 4.71. The Morgan fingerprint density at radius 2 is 2.12 bits per heavy atom. The number of hydrogen-bond donors (Lipinski definition) is 1. The maximum absolute atomic E-state index is 5.45. The minimum Gasteiger partial charge on any atom is -0.380 e. The van der Waals surface area contributed by atoms with Gasteiger partial charge in [0.25, 0.3) is 0 Å². The third kappa shape index (κ3) is 4.24. The Labute approximate surface area is 97.5 Å². The molecule has 1 aromatic heterocycles. The molecule has 0 spiro atoms. The molecular formula is C12H21N3O. The molecule has 0 aromatic carbocycles. The molecule has 0 aliphatic heterocycles.